The predicted molar refractivity (Wildman–Crippen MR) is 84.8 cm³/mol. The Morgan fingerprint density at radius 2 is 2.00 bits per heavy atom. The minimum absolute atomic E-state index is 0.145. The lowest BCUT2D eigenvalue weighted by Gasteiger charge is -2.23. The van der Waals surface area contributed by atoms with E-state index in [0.29, 0.717) is 44.9 Å². The fourth-order valence-electron chi connectivity index (χ4n) is 2.07. The van der Waals surface area contributed by atoms with E-state index in [1.807, 2.05) is 6.92 Å². The molecule has 1 aromatic carbocycles. The third-order valence-electron chi connectivity index (χ3n) is 3.34. The van der Waals surface area contributed by atoms with Crippen molar-refractivity contribution >= 4 is 15.9 Å². The number of hydrogen-bond donors (Lipinski definition) is 2. The van der Waals surface area contributed by atoms with Gasteiger partial charge in [0.05, 0.1) is 30.8 Å². The molecule has 0 radical (unpaired) electrons. The molecule has 128 valence electrons. The van der Waals surface area contributed by atoms with Crippen molar-refractivity contribution < 1.29 is 22.7 Å². The first kappa shape index (κ1) is 17.9. The molecule has 0 unspecified atom stereocenters. The number of ether oxygens (including phenoxy) is 2. The molecule has 1 atom stereocenters. The van der Waals surface area contributed by atoms with Gasteiger partial charge in [0.1, 0.15) is 0 Å². The zero-order valence-corrected chi connectivity index (χ0v) is 13.9. The number of benzene rings is 1. The summed E-state index contributed by atoms with van der Waals surface area (Å²) in [5.41, 5.74) is 0.399. The van der Waals surface area contributed by atoms with E-state index >= 15 is 0 Å². The first-order chi connectivity index (χ1) is 11.0. The Labute approximate surface area is 136 Å². The number of hydrogen-bond acceptors (Lipinski definition) is 5. The van der Waals surface area contributed by atoms with Crippen LogP contribution >= 0.6 is 0 Å². The first-order valence-electron chi connectivity index (χ1n) is 7.60. The fourth-order valence-corrected chi connectivity index (χ4v) is 3.20. The molecule has 1 fully saturated rings. The van der Waals surface area contributed by atoms with Crippen LogP contribution in [0, 0.1) is 0 Å². The highest BCUT2D eigenvalue weighted by Crippen LogP contribution is 2.10. The number of sulfonamides is 1. The summed E-state index contributed by atoms with van der Waals surface area (Å²) in [5.74, 6) is -0.273. The highest BCUT2D eigenvalue weighted by atomic mass is 32.2. The zero-order valence-electron chi connectivity index (χ0n) is 13.1. The van der Waals surface area contributed by atoms with E-state index in [0.717, 1.165) is 0 Å². The standard InChI is InChI=1S/C15H22N2O5S/c1-2-7-17-23(19,20)14-5-3-12(4-6-14)15(18)16-10-13-11-21-8-9-22-13/h3-6,13,17H,2,7-11H2,1H3,(H,16,18)/t13-/m1/s1. The molecular weight excluding hydrogens is 320 g/mol. The molecule has 1 saturated heterocycles. The molecule has 0 saturated carbocycles. The predicted octanol–water partition coefficient (Wildman–Crippen LogP) is 0.520. The Bertz CT molecular complexity index is 609. The van der Waals surface area contributed by atoms with E-state index in [4.69, 9.17) is 9.47 Å². The Hall–Kier alpha value is -1.48. The van der Waals surface area contributed by atoms with Gasteiger partial charge in [-0.1, -0.05) is 6.92 Å². The Balaban J connectivity index is 1.91. The van der Waals surface area contributed by atoms with Crippen molar-refractivity contribution in [3.63, 3.8) is 0 Å². The summed E-state index contributed by atoms with van der Waals surface area (Å²) in [6.07, 6.45) is 0.567. The van der Waals surface area contributed by atoms with Crippen molar-refractivity contribution in [2.24, 2.45) is 0 Å². The topological polar surface area (TPSA) is 93.7 Å². The number of carbonyl (C=O) groups is 1. The van der Waals surface area contributed by atoms with E-state index < -0.39 is 10.0 Å². The molecule has 7 nitrogen and oxygen atoms in total. The Morgan fingerprint density at radius 1 is 1.26 bits per heavy atom. The van der Waals surface area contributed by atoms with Gasteiger partial charge in [0, 0.05) is 18.7 Å². The third kappa shape index (κ3) is 5.28. The summed E-state index contributed by atoms with van der Waals surface area (Å²) in [5, 5.41) is 2.75. The van der Waals surface area contributed by atoms with Gasteiger partial charge in [-0.05, 0) is 30.7 Å². The summed E-state index contributed by atoms with van der Waals surface area (Å²) in [6.45, 7) is 4.19. The molecule has 1 heterocycles. The van der Waals surface area contributed by atoms with Crippen LogP contribution in [0.5, 0.6) is 0 Å². The van der Waals surface area contributed by atoms with E-state index in [-0.39, 0.29) is 16.9 Å². The van der Waals surface area contributed by atoms with Crippen LogP contribution in [-0.4, -0.2) is 53.3 Å². The van der Waals surface area contributed by atoms with Crippen LogP contribution in [0.15, 0.2) is 29.2 Å². The number of carbonyl (C=O) groups excluding carboxylic acids is 1. The molecule has 2 N–H and O–H groups in total. The minimum Gasteiger partial charge on any atom is -0.376 e. The largest absolute Gasteiger partial charge is 0.376 e. The van der Waals surface area contributed by atoms with Crippen molar-refractivity contribution in [3.8, 4) is 0 Å². The molecule has 8 heteroatoms. The highest BCUT2D eigenvalue weighted by molar-refractivity contribution is 7.89. The van der Waals surface area contributed by atoms with Gasteiger partial charge >= 0.3 is 0 Å². The second kappa shape index (κ2) is 8.39. The molecule has 23 heavy (non-hydrogen) atoms. The van der Waals surface area contributed by atoms with Gasteiger partial charge in [0.15, 0.2) is 0 Å². The van der Waals surface area contributed by atoms with E-state index in [2.05, 4.69) is 10.0 Å². The van der Waals surface area contributed by atoms with Crippen LogP contribution in [0.3, 0.4) is 0 Å². The van der Waals surface area contributed by atoms with Crippen molar-refractivity contribution in [2.75, 3.05) is 32.9 Å². The lowest BCUT2D eigenvalue weighted by Crippen LogP contribution is -2.39. The van der Waals surface area contributed by atoms with Gasteiger partial charge in [-0.25, -0.2) is 13.1 Å². The summed E-state index contributed by atoms with van der Waals surface area (Å²) in [4.78, 5) is 12.2. The molecule has 1 aromatic rings. The van der Waals surface area contributed by atoms with Crippen LogP contribution < -0.4 is 10.0 Å². The number of rotatable bonds is 7. The quantitative estimate of drug-likeness (QED) is 0.753. The van der Waals surface area contributed by atoms with Crippen molar-refractivity contribution in [3.05, 3.63) is 29.8 Å². The van der Waals surface area contributed by atoms with Crippen molar-refractivity contribution in [1.29, 1.82) is 0 Å². The van der Waals surface area contributed by atoms with E-state index in [9.17, 15) is 13.2 Å². The Morgan fingerprint density at radius 3 is 2.61 bits per heavy atom. The summed E-state index contributed by atoms with van der Waals surface area (Å²) in [6, 6.07) is 5.84. The van der Waals surface area contributed by atoms with Crippen LogP contribution in [0.2, 0.25) is 0 Å². The van der Waals surface area contributed by atoms with Gasteiger partial charge in [-0.15, -0.1) is 0 Å². The third-order valence-corrected chi connectivity index (χ3v) is 4.82. The molecule has 0 spiro atoms. The first-order valence-corrected chi connectivity index (χ1v) is 9.08. The second-order valence-electron chi connectivity index (χ2n) is 5.20. The molecular formula is C15H22N2O5S. The highest BCUT2D eigenvalue weighted by Gasteiger charge is 2.17. The number of amides is 1. The smallest absolute Gasteiger partial charge is 0.251 e. The molecule has 0 aliphatic carbocycles. The van der Waals surface area contributed by atoms with Crippen LogP contribution in [0.4, 0.5) is 0 Å². The van der Waals surface area contributed by atoms with E-state index in [1.165, 1.54) is 24.3 Å². The maximum atomic E-state index is 12.0. The second-order valence-corrected chi connectivity index (χ2v) is 6.97. The maximum absolute atomic E-state index is 12.0. The molecule has 2 rings (SSSR count). The summed E-state index contributed by atoms with van der Waals surface area (Å²) >= 11 is 0. The molecule has 0 bridgehead atoms. The monoisotopic (exact) mass is 342 g/mol. The molecule has 0 aromatic heterocycles. The minimum atomic E-state index is -3.51. The van der Waals surface area contributed by atoms with Crippen LogP contribution in [0.25, 0.3) is 0 Å². The summed E-state index contributed by atoms with van der Waals surface area (Å²) in [7, 11) is -3.51. The van der Waals surface area contributed by atoms with Gasteiger partial charge in [-0.2, -0.15) is 0 Å². The zero-order chi connectivity index (χ0) is 16.7. The lowest BCUT2D eigenvalue weighted by atomic mass is 10.2. The fraction of sp³-hybridized carbons (Fsp3) is 0.533. The van der Waals surface area contributed by atoms with Gasteiger partial charge in [0.25, 0.3) is 5.91 Å². The number of nitrogens with one attached hydrogen (secondary N) is 2. The van der Waals surface area contributed by atoms with Crippen molar-refractivity contribution in [1.82, 2.24) is 10.0 Å². The molecule has 1 amide bonds. The normalized spacial score (nSPS) is 18.6. The van der Waals surface area contributed by atoms with Gasteiger partial charge < -0.3 is 14.8 Å². The average molecular weight is 342 g/mol. The Kier molecular flexibility index (Phi) is 6.52. The van der Waals surface area contributed by atoms with Crippen LogP contribution in [0.1, 0.15) is 23.7 Å². The lowest BCUT2D eigenvalue weighted by molar-refractivity contribution is -0.0855. The molecule has 1 aliphatic heterocycles. The van der Waals surface area contributed by atoms with Gasteiger partial charge in [-0.3, -0.25) is 4.79 Å². The van der Waals surface area contributed by atoms with Gasteiger partial charge in [0.2, 0.25) is 10.0 Å². The molecule has 1 aliphatic rings. The van der Waals surface area contributed by atoms with Crippen LogP contribution in [-0.2, 0) is 19.5 Å². The van der Waals surface area contributed by atoms with Crippen molar-refractivity contribution in [2.45, 2.75) is 24.3 Å². The average Bonchev–Trinajstić information content (AvgIpc) is 2.59. The SMILES string of the molecule is CCCNS(=O)(=O)c1ccc(C(=O)NC[C@@H]2COCCO2)cc1. The summed E-state index contributed by atoms with van der Waals surface area (Å²) < 4.78 is 37.1. The van der Waals surface area contributed by atoms with E-state index in [1.54, 1.807) is 0 Å². The maximum Gasteiger partial charge on any atom is 0.251 e.